The van der Waals surface area contributed by atoms with Crippen molar-refractivity contribution in [3.8, 4) is 0 Å². The van der Waals surface area contributed by atoms with Crippen molar-refractivity contribution in [1.82, 2.24) is 14.9 Å². The number of likely N-dealkylation sites (tertiary alicyclic amines) is 2. The number of amides is 3. The molecule has 0 bridgehead atoms. The van der Waals surface area contributed by atoms with Crippen molar-refractivity contribution in [2.45, 2.75) is 25.6 Å². The fraction of sp³-hybridized carbons (Fsp3) is 0.609. The first-order valence-corrected chi connectivity index (χ1v) is 11.8. The second-order valence-electron chi connectivity index (χ2n) is 9.50. The lowest BCUT2D eigenvalue weighted by Crippen LogP contribution is -2.40. The van der Waals surface area contributed by atoms with Crippen LogP contribution < -0.4 is 4.90 Å². The van der Waals surface area contributed by atoms with Gasteiger partial charge in [-0.1, -0.05) is 6.07 Å². The molecule has 9 nitrogen and oxygen atoms in total. The van der Waals surface area contributed by atoms with Crippen LogP contribution in [0.25, 0.3) is 0 Å². The smallest absolute Gasteiger partial charge is 0.378 e. The van der Waals surface area contributed by atoms with Crippen LogP contribution in [-0.2, 0) is 31.9 Å². The summed E-state index contributed by atoms with van der Waals surface area (Å²) in [6.45, 7) is 4.14. The number of rotatable bonds is 4. The summed E-state index contributed by atoms with van der Waals surface area (Å²) in [6, 6.07) is 4.54. The Morgan fingerprint density at radius 2 is 1.63 bits per heavy atom. The van der Waals surface area contributed by atoms with E-state index in [2.05, 4.69) is 0 Å². The topological polar surface area (TPSA) is 82.6 Å². The number of anilines is 1. The number of carbonyl (C=O) groups is 3. The lowest BCUT2D eigenvalue weighted by Gasteiger charge is -2.30. The van der Waals surface area contributed by atoms with Crippen LogP contribution >= 0.6 is 0 Å². The van der Waals surface area contributed by atoms with E-state index in [0.717, 1.165) is 0 Å². The summed E-state index contributed by atoms with van der Waals surface area (Å²) in [5, 5.41) is 0.530. The number of hydrogen-bond acceptors (Lipinski definition) is 7. The van der Waals surface area contributed by atoms with Crippen LogP contribution in [0.4, 0.5) is 23.7 Å². The van der Waals surface area contributed by atoms with Gasteiger partial charge < -0.3 is 19.4 Å². The van der Waals surface area contributed by atoms with E-state index >= 15 is 0 Å². The molecule has 5 rings (SSSR count). The largest absolute Gasteiger partial charge is 0.434 e. The molecule has 4 aliphatic heterocycles. The van der Waals surface area contributed by atoms with E-state index in [0.29, 0.717) is 63.2 Å². The van der Waals surface area contributed by atoms with Gasteiger partial charge in [0.25, 0.3) is 11.8 Å². The molecule has 0 saturated carbocycles. The van der Waals surface area contributed by atoms with Gasteiger partial charge in [-0.25, -0.2) is 4.79 Å². The number of hydrogen-bond donors (Lipinski definition) is 0. The molecule has 0 aromatic heterocycles. The van der Waals surface area contributed by atoms with Crippen molar-refractivity contribution >= 4 is 23.6 Å². The van der Waals surface area contributed by atoms with Crippen molar-refractivity contribution in [2.75, 3.05) is 57.4 Å². The number of fused-ring (bicyclic) bond motifs is 1. The van der Waals surface area contributed by atoms with Gasteiger partial charge in [0, 0.05) is 64.3 Å². The SMILES string of the molecule is O=C(ON1C(=O)CCC1=O)N1CC2CN(Cc3ccc(N4CCOCC4)cc3C(F)(F)F)CC2C1. The number of ether oxygens (including phenoxy) is 1. The average molecular weight is 496 g/mol. The Morgan fingerprint density at radius 1 is 1.00 bits per heavy atom. The molecule has 4 saturated heterocycles. The van der Waals surface area contributed by atoms with Crippen LogP contribution in [0.15, 0.2) is 18.2 Å². The maximum atomic E-state index is 13.9. The van der Waals surface area contributed by atoms with Crippen LogP contribution in [0.1, 0.15) is 24.0 Å². The summed E-state index contributed by atoms with van der Waals surface area (Å²) in [4.78, 5) is 46.1. The summed E-state index contributed by atoms with van der Waals surface area (Å²) in [5.41, 5.74) is 0.160. The molecule has 0 aliphatic carbocycles. The van der Waals surface area contributed by atoms with Crippen LogP contribution in [0.3, 0.4) is 0 Å². The van der Waals surface area contributed by atoms with Gasteiger partial charge in [-0.05, 0) is 29.5 Å². The Hall–Kier alpha value is -2.86. The van der Waals surface area contributed by atoms with Crippen LogP contribution in [0.2, 0.25) is 0 Å². The Kier molecular flexibility index (Phi) is 6.34. The zero-order valence-electron chi connectivity index (χ0n) is 19.1. The highest BCUT2D eigenvalue weighted by Crippen LogP contribution is 2.37. The highest BCUT2D eigenvalue weighted by molar-refractivity contribution is 6.01. The molecule has 4 heterocycles. The maximum absolute atomic E-state index is 13.9. The predicted octanol–water partition coefficient (Wildman–Crippen LogP) is 2.11. The van der Waals surface area contributed by atoms with Gasteiger partial charge in [0.15, 0.2) is 0 Å². The van der Waals surface area contributed by atoms with Crippen molar-refractivity contribution in [1.29, 1.82) is 0 Å². The number of alkyl halides is 3. The van der Waals surface area contributed by atoms with Gasteiger partial charge in [0.1, 0.15) is 0 Å². The van der Waals surface area contributed by atoms with E-state index in [4.69, 9.17) is 9.57 Å². The molecule has 0 spiro atoms. The minimum absolute atomic E-state index is 0.0274. The van der Waals surface area contributed by atoms with E-state index in [9.17, 15) is 27.6 Å². The Balaban J connectivity index is 1.20. The van der Waals surface area contributed by atoms with E-state index in [1.807, 2.05) is 9.80 Å². The van der Waals surface area contributed by atoms with Gasteiger partial charge in [-0.15, -0.1) is 5.06 Å². The van der Waals surface area contributed by atoms with Crippen molar-refractivity contribution in [3.63, 3.8) is 0 Å². The van der Waals surface area contributed by atoms with Gasteiger partial charge in [0.2, 0.25) is 0 Å². The molecule has 2 unspecified atom stereocenters. The first-order valence-electron chi connectivity index (χ1n) is 11.8. The number of carbonyl (C=O) groups excluding carboxylic acids is 3. The van der Waals surface area contributed by atoms with E-state index in [1.54, 1.807) is 12.1 Å². The lowest BCUT2D eigenvalue weighted by molar-refractivity contribution is -0.173. The second-order valence-corrected chi connectivity index (χ2v) is 9.50. The quantitative estimate of drug-likeness (QED) is 0.591. The number of imide groups is 1. The molecular weight excluding hydrogens is 469 g/mol. The number of halogens is 3. The van der Waals surface area contributed by atoms with Crippen LogP contribution in [-0.4, -0.2) is 85.3 Å². The maximum Gasteiger partial charge on any atom is 0.434 e. The van der Waals surface area contributed by atoms with Crippen molar-refractivity contribution in [2.24, 2.45) is 11.8 Å². The minimum Gasteiger partial charge on any atom is -0.378 e. The molecule has 1 aromatic rings. The summed E-state index contributed by atoms with van der Waals surface area (Å²) < 4.78 is 47.0. The van der Waals surface area contributed by atoms with Gasteiger partial charge >= 0.3 is 12.3 Å². The molecule has 0 radical (unpaired) electrons. The molecule has 1 aromatic carbocycles. The molecular formula is C23H27F3N4O5. The van der Waals surface area contributed by atoms with E-state index in [-0.39, 0.29) is 36.8 Å². The third-order valence-corrected chi connectivity index (χ3v) is 7.16. The monoisotopic (exact) mass is 496 g/mol. The molecule has 190 valence electrons. The lowest BCUT2D eigenvalue weighted by atomic mass is 10.0. The summed E-state index contributed by atoms with van der Waals surface area (Å²) in [6.07, 6.45) is -5.15. The third-order valence-electron chi connectivity index (χ3n) is 7.16. The number of benzene rings is 1. The van der Waals surface area contributed by atoms with Gasteiger partial charge in [-0.3, -0.25) is 14.5 Å². The van der Waals surface area contributed by atoms with E-state index < -0.39 is 29.6 Å². The molecule has 4 aliphatic rings. The molecule has 2 atom stereocenters. The minimum atomic E-state index is -4.46. The summed E-state index contributed by atoms with van der Waals surface area (Å²) in [7, 11) is 0. The fourth-order valence-electron chi connectivity index (χ4n) is 5.39. The molecule has 4 fully saturated rings. The first kappa shape index (κ1) is 23.9. The summed E-state index contributed by atoms with van der Waals surface area (Å²) in [5.74, 6) is -0.882. The van der Waals surface area contributed by atoms with Gasteiger partial charge in [0.05, 0.1) is 18.8 Å². The summed E-state index contributed by atoms with van der Waals surface area (Å²) >= 11 is 0. The first-order chi connectivity index (χ1) is 16.7. The highest BCUT2D eigenvalue weighted by Gasteiger charge is 2.44. The number of nitrogens with zero attached hydrogens (tertiary/aromatic N) is 4. The predicted molar refractivity (Wildman–Crippen MR) is 116 cm³/mol. The Morgan fingerprint density at radius 3 is 2.23 bits per heavy atom. The van der Waals surface area contributed by atoms with Crippen molar-refractivity contribution in [3.05, 3.63) is 29.3 Å². The van der Waals surface area contributed by atoms with Crippen molar-refractivity contribution < 1.29 is 37.1 Å². The molecule has 12 heteroatoms. The van der Waals surface area contributed by atoms with Gasteiger partial charge in [-0.2, -0.15) is 13.2 Å². The molecule has 3 amide bonds. The Labute approximate surface area is 200 Å². The molecule has 0 N–H and O–H groups in total. The average Bonchev–Trinajstić information content (AvgIpc) is 3.48. The Bertz CT molecular complexity index is 983. The third kappa shape index (κ3) is 4.94. The van der Waals surface area contributed by atoms with E-state index in [1.165, 1.54) is 11.0 Å². The number of morpholine rings is 1. The highest BCUT2D eigenvalue weighted by atomic mass is 19.4. The number of hydroxylamine groups is 2. The second kappa shape index (κ2) is 9.30. The normalized spacial score (nSPS) is 25.5. The molecule has 35 heavy (non-hydrogen) atoms. The fourth-order valence-corrected chi connectivity index (χ4v) is 5.39. The zero-order valence-corrected chi connectivity index (χ0v) is 19.1. The standard InChI is InChI=1S/C23H27F3N4O5/c24-23(25,26)19-9-18(28-5-7-34-8-6-28)2-1-15(19)10-27-11-16-13-29(14-17(16)12-27)22(33)35-30-20(31)3-4-21(30)32/h1-2,9,16-17H,3-8,10-14H2. The van der Waals surface area contributed by atoms with Crippen LogP contribution in [0, 0.1) is 11.8 Å². The van der Waals surface area contributed by atoms with Crippen LogP contribution in [0.5, 0.6) is 0 Å². The zero-order chi connectivity index (χ0) is 24.7.